The lowest BCUT2D eigenvalue weighted by molar-refractivity contribution is 0.458. The zero-order chi connectivity index (χ0) is 6.69. The summed E-state index contributed by atoms with van der Waals surface area (Å²) in [6.45, 7) is 4.29. The molecule has 0 amide bonds. The van der Waals surface area contributed by atoms with Gasteiger partial charge in [-0.2, -0.15) is 0 Å². The van der Waals surface area contributed by atoms with Crippen LogP contribution in [0, 0.1) is 5.92 Å². The van der Waals surface area contributed by atoms with E-state index in [0.29, 0.717) is 5.92 Å². The molecule has 0 atom stereocenters. The van der Waals surface area contributed by atoms with Gasteiger partial charge in [-0.3, -0.25) is 0 Å². The molecule has 9 heavy (non-hydrogen) atoms. The van der Waals surface area contributed by atoms with Crippen LogP contribution >= 0.6 is 0 Å². The average molecular weight is 125 g/mol. The van der Waals surface area contributed by atoms with Gasteiger partial charge in [0, 0.05) is 6.42 Å². The molecule has 0 aliphatic rings. The second-order valence-electron chi connectivity index (χ2n) is 2.52. The lowest BCUT2D eigenvalue weighted by Crippen LogP contribution is -1.92. The number of rotatable bonds is 2. The monoisotopic (exact) mass is 125 g/mol. The van der Waals surface area contributed by atoms with Gasteiger partial charge < -0.3 is 4.42 Å². The molecule has 0 spiro atoms. The van der Waals surface area contributed by atoms with Gasteiger partial charge in [0.25, 0.3) is 0 Å². The molecule has 0 saturated carbocycles. The van der Waals surface area contributed by atoms with Gasteiger partial charge in [0.05, 0.1) is 6.20 Å². The summed E-state index contributed by atoms with van der Waals surface area (Å²) < 4.78 is 5.03. The van der Waals surface area contributed by atoms with Gasteiger partial charge in [-0.05, 0) is 5.92 Å². The van der Waals surface area contributed by atoms with Gasteiger partial charge in [-0.1, -0.05) is 13.8 Å². The Labute approximate surface area is 54.9 Å². The Kier molecular flexibility index (Phi) is 1.88. The van der Waals surface area contributed by atoms with Crippen molar-refractivity contribution in [3.8, 4) is 0 Å². The predicted octanol–water partition coefficient (Wildman–Crippen LogP) is 1.87. The molecule has 1 heterocycles. The highest BCUT2D eigenvalue weighted by Crippen LogP contribution is 2.03. The van der Waals surface area contributed by atoms with E-state index in [4.69, 9.17) is 4.42 Å². The normalized spacial score (nSPS) is 10.6. The molecule has 0 unspecified atom stereocenters. The van der Waals surface area contributed by atoms with E-state index in [-0.39, 0.29) is 0 Å². The summed E-state index contributed by atoms with van der Waals surface area (Å²) in [4.78, 5) is 3.99. The summed E-state index contributed by atoms with van der Waals surface area (Å²) in [6.07, 6.45) is 4.22. The van der Waals surface area contributed by atoms with Crippen LogP contribution in [-0.2, 0) is 6.42 Å². The van der Waals surface area contributed by atoms with Crippen LogP contribution in [0.3, 0.4) is 0 Å². The van der Waals surface area contributed by atoms with Crippen molar-refractivity contribution in [3.05, 3.63) is 18.4 Å². The van der Waals surface area contributed by atoms with Crippen molar-refractivity contribution in [1.82, 2.24) is 4.98 Å². The van der Waals surface area contributed by atoms with Crippen molar-refractivity contribution in [2.24, 2.45) is 5.92 Å². The number of nitrogens with zero attached hydrogens (tertiary/aromatic N) is 1. The molecule has 1 aromatic rings. The molecule has 0 saturated heterocycles. The van der Waals surface area contributed by atoms with Gasteiger partial charge in [-0.15, -0.1) is 0 Å². The molecule has 1 rings (SSSR count). The SMILES string of the molecule is CC(C)Cc1ncco1. The molecule has 0 aromatic carbocycles. The minimum Gasteiger partial charge on any atom is -0.449 e. The maximum atomic E-state index is 5.03. The van der Waals surface area contributed by atoms with Crippen molar-refractivity contribution < 1.29 is 4.42 Å². The van der Waals surface area contributed by atoms with Gasteiger partial charge in [-0.25, -0.2) is 4.98 Å². The van der Waals surface area contributed by atoms with Crippen molar-refractivity contribution >= 4 is 0 Å². The van der Waals surface area contributed by atoms with Crippen LogP contribution in [-0.4, -0.2) is 4.98 Å². The number of hydrogen-bond donors (Lipinski definition) is 0. The van der Waals surface area contributed by atoms with E-state index in [0.717, 1.165) is 12.3 Å². The highest BCUT2D eigenvalue weighted by molar-refractivity contribution is 4.80. The Hall–Kier alpha value is -0.790. The third kappa shape index (κ3) is 1.88. The highest BCUT2D eigenvalue weighted by Gasteiger charge is 1.99. The molecule has 0 bridgehead atoms. The molecular formula is C7H11NO. The molecular weight excluding hydrogens is 114 g/mol. The van der Waals surface area contributed by atoms with Crippen LogP contribution in [0.2, 0.25) is 0 Å². The van der Waals surface area contributed by atoms with E-state index in [1.54, 1.807) is 12.5 Å². The summed E-state index contributed by atoms with van der Waals surface area (Å²) in [7, 11) is 0. The Bertz CT molecular complexity index is 155. The number of hydrogen-bond acceptors (Lipinski definition) is 2. The Morgan fingerprint density at radius 2 is 2.44 bits per heavy atom. The smallest absolute Gasteiger partial charge is 0.194 e. The lowest BCUT2D eigenvalue weighted by Gasteiger charge is -1.96. The van der Waals surface area contributed by atoms with Crippen molar-refractivity contribution in [2.45, 2.75) is 20.3 Å². The Balaban J connectivity index is 2.48. The third-order valence-electron chi connectivity index (χ3n) is 1.07. The summed E-state index contributed by atoms with van der Waals surface area (Å²) in [5, 5.41) is 0. The fourth-order valence-electron chi connectivity index (χ4n) is 0.703. The molecule has 1 aromatic heterocycles. The van der Waals surface area contributed by atoms with Crippen LogP contribution in [0.25, 0.3) is 0 Å². The fraction of sp³-hybridized carbons (Fsp3) is 0.571. The molecule has 0 fully saturated rings. The summed E-state index contributed by atoms with van der Waals surface area (Å²) in [5.41, 5.74) is 0. The molecule has 2 nitrogen and oxygen atoms in total. The summed E-state index contributed by atoms with van der Waals surface area (Å²) in [6, 6.07) is 0. The first-order valence-corrected chi connectivity index (χ1v) is 3.17. The van der Waals surface area contributed by atoms with Crippen molar-refractivity contribution in [1.29, 1.82) is 0 Å². The molecule has 0 radical (unpaired) electrons. The van der Waals surface area contributed by atoms with E-state index in [9.17, 15) is 0 Å². The maximum Gasteiger partial charge on any atom is 0.194 e. The zero-order valence-corrected chi connectivity index (χ0v) is 5.79. The topological polar surface area (TPSA) is 26.0 Å². The van der Waals surface area contributed by atoms with Gasteiger partial charge >= 0.3 is 0 Å². The van der Waals surface area contributed by atoms with Gasteiger partial charge in [0.1, 0.15) is 6.26 Å². The number of oxazole rings is 1. The van der Waals surface area contributed by atoms with Crippen LogP contribution in [0.5, 0.6) is 0 Å². The van der Waals surface area contributed by atoms with Crippen molar-refractivity contribution in [2.75, 3.05) is 0 Å². The first-order valence-electron chi connectivity index (χ1n) is 3.17. The number of aromatic nitrogens is 1. The molecule has 0 aliphatic heterocycles. The van der Waals surface area contributed by atoms with E-state index in [1.165, 1.54) is 0 Å². The van der Waals surface area contributed by atoms with E-state index in [1.807, 2.05) is 0 Å². The fourth-order valence-corrected chi connectivity index (χ4v) is 0.703. The molecule has 0 aliphatic carbocycles. The van der Waals surface area contributed by atoms with Crippen LogP contribution < -0.4 is 0 Å². The third-order valence-corrected chi connectivity index (χ3v) is 1.07. The molecule has 50 valence electrons. The minimum absolute atomic E-state index is 0.628. The summed E-state index contributed by atoms with van der Waals surface area (Å²) in [5.74, 6) is 1.47. The van der Waals surface area contributed by atoms with Crippen LogP contribution in [0.1, 0.15) is 19.7 Å². The Morgan fingerprint density at radius 1 is 1.67 bits per heavy atom. The first kappa shape index (κ1) is 6.33. The first-order chi connectivity index (χ1) is 4.29. The van der Waals surface area contributed by atoms with E-state index in [2.05, 4.69) is 18.8 Å². The zero-order valence-electron chi connectivity index (χ0n) is 5.79. The lowest BCUT2D eigenvalue weighted by atomic mass is 10.1. The van der Waals surface area contributed by atoms with Gasteiger partial charge in [0.2, 0.25) is 0 Å². The summed E-state index contributed by atoms with van der Waals surface area (Å²) >= 11 is 0. The van der Waals surface area contributed by atoms with E-state index < -0.39 is 0 Å². The average Bonchev–Trinajstić information content (AvgIpc) is 2.15. The van der Waals surface area contributed by atoms with Crippen molar-refractivity contribution in [3.63, 3.8) is 0 Å². The highest BCUT2D eigenvalue weighted by atomic mass is 16.3. The Morgan fingerprint density at radius 3 is 2.89 bits per heavy atom. The van der Waals surface area contributed by atoms with Crippen LogP contribution in [0.15, 0.2) is 16.9 Å². The van der Waals surface area contributed by atoms with E-state index >= 15 is 0 Å². The van der Waals surface area contributed by atoms with Crippen LogP contribution in [0.4, 0.5) is 0 Å². The largest absolute Gasteiger partial charge is 0.449 e. The van der Waals surface area contributed by atoms with Gasteiger partial charge in [0.15, 0.2) is 5.89 Å². The second kappa shape index (κ2) is 2.67. The second-order valence-corrected chi connectivity index (χ2v) is 2.52. The quantitative estimate of drug-likeness (QED) is 0.603. The molecule has 0 N–H and O–H groups in total. The predicted molar refractivity (Wildman–Crippen MR) is 35.0 cm³/mol. The minimum atomic E-state index is 0.628. The maximum absolute atomic E-state index is 5.03. The molecule has 2 heteroatoms. The standard InChI is InChI=1S/C7H11NO/c1-6(2)5-7-8-3-4-9-7/h3-4,6H,5H2,1-2H3.